The van der Waals surface area contributed by atoms with Crippen LogP contribution >= 0.6 is 23.4 Å². The number of carboxylic acid groups (broad SMARTS) is 1. The summed E-state index contributed by atoms with van der Waals surface area (Å²) in [6.45, 7) is 0.439. The van der Waals surface area contributed by atoms with Crippen molar-refractivity contribution in [2.45, 2.75) is 11.8 Å². The van der Waals surface area contributed by atoms with Gasteiger partial charge in [0.25, 0.3) is 0 Å². The zero-order chi connectivity index (χ0) is 14.1. The van der Waals surface area contributed by atoms with Crippen LogP contribution in [-0.2, 0) is 11.5 Å². The van der Waals surface area contributed by atoms with Gasteiger partial charge >= 0.3 is 5.97 Å². The second kappa shape index (κ2) is 5.43. The van der Waals surface area contributed by atoms with E-state index >= 15 is 0 Å². The predicted molar refractivity (Wildman–Crippen MR) is 75.5 cm³/mol. The van der Waals surface area contributed by atoms with E-state index in [4.69, 9.17) is 16.7 Å². The first-order valence-electron chi connectivity index (χ1n) is 5.90. The Morgan fingerprint density at radius 3 is 2.95 bits per heavy atom. The van der Waals surface area contributed by atoms with Crippen molar-refractivity contribution in [2.24, 2.45) is 0 Å². The molecule has 3 rings (SSSR count). The number of hydrogen-bond donors (Lipinski definition) is 1. The molecule has 0 bridgehead atoms. The maximum atomic E-state index is 10.8. The summed E-state index contributed by atoms with van der Waals surface area (Å²) >= 11 is 7.65. The van der Waals surface area contributed by atoms with Gasteiger partial charge in [0, 0.05) is 5.56 Å². The van der Waals surface area contributed by atoms with Crippen LogP contribution in [0.3, 0.4) is 0 Å². The van der Waals surface area contributed by atoms with E-state index in [9.17, 15) is 4.79 Å². The summed E-state index contributed by atoms with van der Waals surface area (Å²) in [7, 11) is 0. The van der Waals surface area contributed by atoms with E-state index in [0.717, 1.165) is 10.7 Å². The molecule has 0 aliphatic carbocycles. The van der Waals surface area contributed by atoms with E-state index in [-0.39, 0.29) is 6.54 Å². The average Bonchev–Trinajstić information content (AvgIpc) is 2.81. The lowest BCUT2D eigenvalue weighted by Gasteiger charge is -2.26. The Hall–Kier alpha value is -1.57. The number of hydrogen-bond acceptors (Lipinski definition) is 5. The molecule has 6 nitrogen and oxygen atoms in total. The summed E-state index contributed by atoms with van der Waals surface area (Å²) in [4.78, 5) is 12.6. The van der Waals surface area contributed by atoms with Crippen molar-refractivity contribution in [2.75, 3.05) is 12.4 Å². The number of halogens is 1. The van der Waals surface area contributed by atoms with Gasteiger partial charge in [-0.05, 0) is 12.1 Å². The van der Waals surface area contributed by atoms with Crippen molar-refractivity contribution in [3.8, 4) is 11.4 Å². The Morgan fingerprint density at radius 2 is 2.20 bits per heavy atom. The van der Waals surface area contributed by atoms with Crippen LogP contribution in [0.2, 0.25) is 5.02 Å². The Kier molecular flexibility index (Phi) is 3.64. The monoisotopic (exact) mass is 310 g/mol. The highest BCUT2D eigenvalue weighted by atomic mass is 35.5. The van der Waals surface area contributed by atoms with Crippen LogP contribution in [0.4, 0.5) is 0 Å². The van der Waals surface area contributed by atoms with E-state index < -0.39 is 5.97 Å². The minimum absolute atomic E-state index is 0.00736. The van der Waals surface area contributed by atoms with E-state index in [1.807, 2.05) is 27.7 Å². The molecule has 0 amide bonds. The lowest BCUT2D eigenvalue weighted by atomic mass is 10.2. The summed E-state index contributed by atoms with van der Waals surface area (Å²) < 4.78 is 1.89. The average molecular weight is 311 g/mol. The molecule has 0 fully saturated rings. The van der Waals surface area contributed by atoms with Gasteiger partial charge in [0.2, 0.25) is 0 Å². The summed E-state index contributed by atoms with van der Waals surface area (Å²) in [5, 5.41) is 18.6. The van der Waals surface area contributed by atoms with Gasteiger partial charge in [0.15, 0.2) is 11.0 Å². The standard InChI is InChI=1S/C12H11ClN4O2S/c13-9-4-2-1-3-8(9)11-14-15-12-17(11)6-16(7-20-12)5-10(18)19/h1-4H,5-7H2,(H,18,19). The zero-order valence-corrected chi connectivity index (χ0v) is 11.9. The number of aliphatic carboxylic acids is 1. The lowest BCUT2D eigenvalue weighted by Crippen LogP contribution is -2.34. The van der Waals surface area contributed by atoms with E-state index in [2.05, 4.69) is 10.2 Å². The predicted octanol–water partition coefficient (Wildman–Crippen LogP) is 2.01. The topological polar surface area (TPSA) is 71.2 Å². The van der Waals surface area contributed by atoms with Gasteiger partial charge in [-0.15, -0.1) is 10.2 Å². The molecule has 2 aromatic rings. The summed E-state index contributed by atoms with van der Waals surface area (Å²) in [5.41, 5.74) is 0.797. The molecular weight excluding hydrogens is 300 g/mol. The number of aromatic nitrogens is 3. The number of rotatable bonds is 3. The Balaban J connectivity index is 1.95. The number of thioether (sulfide) groups is 1. The molecule has 0 atom stereocenters. The van der Waals surface area contributed by atoms with Gasteiger partial charge in [-0.3, -0.25) is 14.3 Å². The van der Waals surface area contributed by atoms with Crippen LogP contribution in [0.25, 0.3) is 11.4 Å². The number of benzene rings is 1. The molecule has 0 unspecified atom stereocenters. The van der Waals surface area contributed by atoms with E-state index in [0.29, 0.717) is 23.4 Å². The van der Waals surface area contributed by atoms with Crippen LogP contribution < -0.4 is 0 Å². The molecule has 1 aliphatic rings. The molecule has 0 spiro atoms. The maximum Gasteiger partial charge on any atom is 0.317 e. The zero-order valence-electron chi connectivity index (χ0n) is 10.4. The van der Waals surface area contributed by atoms with Crippen molar-refractivity contribution in [1.29, 1.82) is 0 Å². The molecule has 1 N–H and O–H groups in total. The smallest absolute Gasteiger partial charge is 0.317 e. The molecule has 20 heavy (non-hydrogen) atoms. The molecule has 104 valence electrons. The van der Waals surface area contributed by atoms with Crippen LogP contribution in [-0.4, -0.2) is 43.2 Å². The van der Waals surface area contributed by atoms with Gasteiger partial charge in [-0.25, -0.2) is 0 Å². The van der Waals surface area contributed by atoms with Crippen molar-refractivity contribution >= 4 is 29.3 Å². The highest BCUT2D eigenvalue weighted by Gasteiger charge is 2.24. The van der Waals surface area contributed by atoms with Crippen LogP contribution in [0.1, 0.15) is 0 Å². The molecule has 0 saturated heterocycles. The lowest BCUT2D eigenvalue weighted by molar-refractivity contribution is -0.138. The Bertz CT molecular complexity index is 661. The Labute approximate surface area is 124 Å². The minimum atomic E-state index is -0.846. The number of carboxylic acids is 1. The molecule has 1 aromatic carbocycles. The molecule has 1 aliphatic heterocycles. The molecule has 1 aromatic heterocycles. The third-order valence-electron chi connectivity index (χ3n) is 2.91. The third kappa shape index (κ3) is 2.52. The summed E-state index contributed by atoms with van der Waals surface area (Å²) in [6, 6.07) is 7.41. The first kappa shape index (κ1) is 13.4. The fourth-order valence-corrected chi connectivity index (χ4v) is 3.13. The minimum Gasteiger partial charge on any atom is -0.480 e. The van der Waals surface area contributed by atoms with Crippen molar-refractivity contribution in [1.82, 2.24) is 19.7 Å². The van der Waals surface area contributed by atoms with Crippen molar-refractivity contribution in [3.05, 3.63) is 29.3 Å². The second-order valence-electron chi connectivity index (χ2n) is 4.35. The summed E-state index contributed by atoms with van der Waals surface area (Å²) in [6.07, 6.45) is 0. The summed E-state index contributed by atoms with van der Waals surface area (Å²) in [5.74, 6) is 0.405. The van der Waals surface area contributed by atoms with Gasteiger partial charge in [0.1, 0.15) is 0 Å². The highest BCUT2D eigenvalue weighted by molar-refractivity contribution is 7.99. The molecule has 0 radical (unpaired) electrons. The fraction of sp³-hybridized carbons (Fsp3) is 0.250. The first-order chi connectivity index (χ1) is 9.65. The van der Waals surface area contributed by atoms with Crippen LogP contribution in [0, 0.1) is 0 Å². The fourth-order valence-electron chi connectivity index (χ4n) is 2.04. The number of carbonyl (C=O) groups is 1. The number of nitrogens with zero attached hydrogens (tertiary/aromatic N) is 4. The molecular formula is C12H11ClN4O2S. The Morgan fingerprint density at radius 1 is 1.40 bits per heavy atom. The van der Waals surface area contributed by atoms with Crippen LogP contribution in [0.15, 0.2) is 29.4 Å². The van der Waals surface area contributed by atoms with E-state index in [1.54, 1.807) is 6.07 Å². The van der Waals surface area contributed by atoms with E-state index in [1.165, 1.54) is 11.8 Å². The normalized spacial score (nSPS) is 15.1. The maximum absolute atomic E-state index is 10.8. The highest BCUT2D eigenvalue weighted by Crippen LogP contribution is 2.31. The van der Waals surface area contributed by atoms with Gasteiger partial charge in [0.05, 0.1) is 24.1 Å². The molecule has 2 heterocycles. The van der Waals surface area contributed by atoms with Gasteiger partial charge in [-0.1, -0.05) is 35.5 Å². The first-order valence-corrected chi connectivity index (χ1v) is 7.26. The third-order valence-corrected chi connectivity index (χ3v) is 4.29. The van der Waals surface area contributed by atoms with Crippen molar-refractivity contribution < 1.29 is 9.90 Å². The SMILES string of the molecule is O=C(O)CN1CSc2nnc(-c3ccccc3Cl)n2C1. The molecule has 8 heteroatoms. The van der Waals surface area contributed by atoms with Crippen molar-refractivity contribution in [3.63, 3.8) is 0 Å². The number of fused-ring (bicyclic) bond motifs is 1. The van der Waals surface area contributed by atoms with Gasteiger partial charge < -0.3 is 5.11 Å². The van der Waals surface area contributed by atoms with Crippen LogP contribution in [0.5, 0.6) is 0 Å². The largest absolute Gasteiger partial charge is 0.480 e. The van der Waals surface area contributed by atoms with Gasteiger partial charge in [-0.2, -0.15) is 0 Å². The molecule has 0 saturated carbocycles. The second-order valence-corrected chi connectivity index (χ2v) is 5.67. The quantitative estimate of drug-likeness (QED) is 0.935.